The molecule has 0 aliphatic carbocycles. The van der Waals surface area contributed by atoms with Crippen molar-refractivity contribution >= 4 is 35.1 Å². The molecule has 0 atom stereocenters. The second-order valence-electron chi connectivity index (χ2n) is 4.70. The molecule has 0 aliphatic heterocycles. The number of carbonyl (C=O) groups is 2. The van der Waals surface area contributed by atoms with E-state index in [0.29, 0.717) is 17.9 Å². The highest BCUT2D eigenvalue weighted by molar-refractivity contribution is 7.99. The van der Waals surface area contributed by atoms with Gasteiger partial charge in [-0.15, -0.1) is 0 Å². The van der Waals surface area contributed by atoms with Gasteiger partial charge in [-0.3, -0.25) is 14.6 Å². The van der Waals surface area contributed by atoms with Crippen molar-refractivity contribution in [2.24, 2.45) is 0 Å². The molecule has 0 aliphatic rings. The minimum absolute atomic E-state index is 0.0192. The number of carboxylic acid groups (broad SMARTS) is 1. The lowest BCUT2D eigenvalue weighted by Crippen LogP contribution is -2.25. The number of amides is 1. The first-order valence-corrected chi connectivity index (χ1v) is 8.16. The molecule has 132 valence electrons. The number of ether oxygens (including phenoxy) is 1. The quantitative estimate of drug-likeness (QED) is 0.454. The molecule has 0 radical (unpaired) electrons. The van der Waals surface area contributed by atoms with Crippen LogP contribution in [0.4, 0.5) is 11.5 Å². The van der Waals surface area contributed by atoms with Crippen molar-refractivity contribution in [1.29, 1.82) is 0 Å². The first-order valence-electron chi connectivity index (χ1n) is 7.17. The number of carboxylic acids is 1. The number of thioether (sulfide) groups is 1. The SMILES string of the molecule is CCOc1ccc(C(=O)Nc2c(N)nc(SCC(=O)[O-])[nH]c2=O)cc1. The first-order chi connectivity index (χ1) is 11.9. The highest BCUT2D eigenvalue weighted by Gasteiger charge is 2.14. The van der Waals surface area contributed by atoms with E-state index in [2.05, 4.69) is 15.3 Å². The zero-order valence-electron chi connectivity index (χ0n) is 13.2. The number of benzene rings is 1. The molecule has 1 amide bonds. The number of hydrogen-bond donors (Lipinski definition) is 3. The van der Waals surface area contributed by atoms with Crippen molar-refractivity contribution in [1.82, 2.24) is 9.97 Å². The van der Waals surface area contributed by atoms with Gasteiger partial charge in [0.2, 0.25) is 0 Å². The lowest BCUT2D eigenvalue weighted by atomic mass is 10.2. The molecule has 10 heteroatoms. The van der Waals surface area contributed by atoms with E-state index >= 15 is 0 Å². The average Bonchev–Trinajstić information content (AvgIpc) is 2.57. The number of rotatable bonds is 7. The Bertz CT molecular complexity index is 835. The molecule has 0 unspecified atom stereocenters. The monoisotopic (exact) mass is 363 g/mol. The Hall–Kier alpha value is -3.01. The van der Waals surface area contributed by atoms with Gasteiger partial charge in [-0.1, -0.05) is 11.8 Å². The summed E-state index contributed by atoms with van der Waals surface area (Å²) >= 11 is 0.752. The Morgan fingerprint density at radius 3 is 2.60 bits per heavy atom. The molecule has 0 bridgehead atoms. The summed E-state index contributed by atoms with van der Waals surface area (Å²) in [5.74, 6) is -1.84. The Labute approximate surface area is 146 Å². The number of nitrogens with zero attached hydrogens (tertiary/aromatic N) is 1. The number of carbonyl (C=O) groups excluding carboxylic acids is 2. The normalized spacial score (nSPS) is 10.3. The van der Waals surface area contributed by atoms with Gasteiger partial charge in [-0.05, 0) is 31.2 Å². The van der Waals surface area contributed by atoms with E-state index in [1.807, 2.05) is 6.92 Å². The topological polar surface area (TPSA) is 150 Å². The summed E-state index contributed by atoms with van der Waals surface area (Å²) in [6.45, 7) is 2.35. The van der Waals surface area contributed by atoms with Crippen LogP contribution in [0.5, 0.6) is 5.75 Å². The molecule has 1 aromatic carbocycles. The lowest BCUT2D eigenvalue weighted by Gasteiger charge is -2.09. The van der Waals surface area contributed by atoms with Gasteiger partial charge in [0.15, 0.2) is 11.0 Å². The number of hydrogen-bond acceptors (Lipinski definition) is 8. The zero-order valence-corrected chi connectivity index (χ0v) is 14.0. The maximum Gasteiger partial charge on any atom is 0.277 e. The number of anilines is 2. The van der Waals surface area contributed by atoms with Crippen molar-refractivity contribution < 1.29 is 19.4 Å². The molecule has 0 spiro atoms. The highest BCUT2D eigenvalue weighted by atomic mass is 32.2. The number of aromatic nitrogens is 2. The van der Waals surface area contributed by atoms with Crippen LogP contribution in [-0.4, -0.2) is 34.2 Å². The standard InChI is InChI=1S/C15H16N4O5S/c1-2-24-9-5-3-8(4-6-9)13(22)17-11-12(16)18-15(19-14(11)23)25-7-10(20)21/h3-6H,2,7H2,1H3,(H,17,22)(H,20,21)(H3,16,18,19,23)/p-1. The molecule has 4 N–H and O–H groups in total. The van der Waals surface area contributed by atoms with Crippen molar-refractivity contribution in [3.8, 4) is 5.75 Å². The van der Waals surface area contributed by atoms with Gasteiger partial charge in [0.25, 0.3) is 11.5 Å². The van der Waals surface area contributed by atoms with Crippen LogP contribution in [0.3, 0.4) is 0 Å². The van der Waals surface area contributed by atoms with Gasteiger partial charge in [0.1, 0.15) is 11.4 Å². The van der Waals surface area contributed by atoms with Gasteiger partial charge < -0.3 is 25.7 Å². The van der Waals surface area contributed by atoms with Gasteiger partial charge in [-0.2, -0.15) is 0 Å². The highest BCUT2D eigenvalue weighted by Crippen LogP contribution is 2.18. The van der Waals surface area contributed by atoms with Crippen LogP contribution in [-0.2, 0) is 4.79 Å². The summed E-state index contributed by atoms with van der Waals surface area (Å²) in [6.07, 6.45) is 0. The number of aliphatic carboxylic acids is 1. The van der Waals surface area contributed by atoms with E-state index in [4.69, 9.17) is 10.5 Å². The maximum atomic E-state index is 12.2. The molecule has 2 rings (SSSR count). The average molecular weight is 363 g/mol. The molecule has 1 heterocycles. The molecule has 0 saturated heterocycles. The Morgan fingerprint density at radius 1 is 1.36 bits per heavy atom. The van der Waals surface area contributed by atoms with Crippen LogP contribution >= 0.6 is 11.8 Å². The summed E-state index contributed by atoms with van der Waals surface area (Å²) in [4.78, 5) is 40.9. The van der Waals surface area contributed by atoms with Gasteiger partial charge in [0, 0.05) is 11.3 Å². The van der Waals surface area contributed by atoms with Crippen LogP contribution in [0.25, 0.3) is 0 Å². The summed E-state index contributed by atoms with van der Waals surface area (Å²) in [5, 5.41) is 12.8. The summed E-state index contributed by atoms with van der Waals surface area (Å²) in [6, 6.07) is 6.35. The summed E-state index contributed by atoms with van der Waals surface area (Å²) in [5.41, 5.74) is 5.08. The Balaban J connectivity index is 2.14. The molecular formula is C15H15N4O5S-. The minimum atomic E-state index is -1.31. The molecule has 2 aromatic rings. The van der Waals surface area contributed by atoms with E-state index in [1.165, 1.54) is 0 Å². The molecule has 9 nitrogen and oxygen atoms in total. The third kappa shape index (κ3) is 4.98. The molecule has 0 fully saturated rings. The molecule has 1 aromatic heterocycles. The van der Waals surface area contributed by atoms with Gasteiger partial charge >= 0.3 is 0 Å². The van der Waals surface area contributed by atoms with Crippen LogP contribution in [0.1, 0.15) is 17.3 Å². The molecule has 0 saturated carbocycles. The van der Waals surface area contributed by atoms with Crippen molar-refractivity contribution in [3.63, 3.8) is 0 Å². The van der Waals surface area contributed by atoms with E-state index in [0.717, 1.165) is 11.8 Å². The van der Waals surface area contributed by atoms with E-state index < -0.39 is 17.4 Å². The van der Waals surface area contributed by atoms with Crippen LogP contribution in [0.15, 0.2) is 34.2 Å². The van der Waals surface area contributed by atoms with Crippen molar-refractivity contribution in [2.45, 2.75) is 12.1 Å². The van der Waals surface area contributed by atoms with Gasteiger partial charge in [-0.25, -0.2) is 4.98 Å². The van der Waals surface area contributed by atoms with E-state index in [-0.39, 0.29) is 22.4 Å². The van der Waals surface area contributed by atoms with Crippen molar-refractivity contribution in [2.75, 3.05) is 23.4 Å². The van der Waals surface area contributed by atoms with E-state index in [1.54, 1.807) is 24.3 Å². The lowest BCUT2D eigenvalue weighted by molar-refractivity contribution is -0.301. The van der Waals surface area contributed by atoms with E-state index in [9.17, 15) is 19.5 Å². The van der Waals surface area contributed by atoms with Gasteiger partial charge in [0.05, 0.1) is 12.6 Å². The fourth-order valence-electron chi connectivity index (χ4n) is 1.84. The molecule has 25 heavy (non-hydrogen) atoms. The second-order valence-corrected chi connectivity index (χ2v) is 5.67. The predicted molar refractivity (Wildman–Crippen MR) is 90.6 cm³/mol. The fraction of sp³-hybridized carbons (Fsp3) is 0.200. The number of nitrogen functional groups attached to an aromatic ring is 1. The number of nitrogens with two attached hydrogens (primary N) is 1. The summed E-state index contributed by atoms with van der Waals surface area (Å²) < 4.78 is 5.28. The number of H-pyrrole nitrogens is 1. The fourth-order valence-corrected chi connectivity index (χ4v) is 2.42. The van der Waals surface area contributed by atoms with Crippen LogP contribution in [0, 0.1) is 0 Å². The smallest absolute Gasteiger partial charge is 0.277 e. The third-order valence-electron chi connectivity index (χ3n) is 2.92. The minimum Gasteiger partial charge on any atom is -0.549 e. The van der Waals surface area contributed by atoms with Crippen LogP contribution in [0.2, 0.25) is 0 Å². The Morgan fingerprint density at radius 2 is 2.04 bits per heavy atom. The largest absolute Gasteiger partial charge is 0.549 e. The predicted octanol–water partition coefficient (Wildman–Crippen LogP) is -0.155. The molecular weight excluding hydrogens is 348 g/mol. The number of aromatic amines is 1. The zero-order chi connectivity index (χ0) is 18.4. The second kappa shape index (κ2) is 8.20. The number of nitrogens with one attached hydrogen (secondary N) is 2. The van der Waals surface area contributed by atoms with Crippen molar-refractivity contribution in [3.05, 3.63) is 40.2 Å². The van der Waals surface area contributed by atoms with Crippen LogP contribution < -0.4 is 26.5 Å². The first kappa shape index (κ1) is 18.3. The maximum absolute atomic E-state index is 12.2. The third-order valence-corrected chi connectivity index (χ3v) is 3.77. The Kier molecular flexibility index (Phi) is 6.01. The summed E-state index contributed by atoms with van der Waals surface area (Å²) in [7, 11) is 0.